The van der Waals surface area contributed by atoms with E-state index in [1.807, 2.05) is 0 Å². The minimum absolute atomic E-state index is 0.221. The Bertz CT molecular complexity index is 655. The Labute approximate surface area is 186 Å². The third-order valence-corrected chi connectivity index (χ3v) is 5.98. The van der Waals surface area contributed by atoms with E-state index in [4.69, 9.17) is 0 Å². The lowest BCUT2D eigenvalue weighted by atomic mass is 9.90. The van der Waals surface area contributed by atoms with Crippen molar-refractivity contribution in [1.82, 2.24) is 15.1 Å². The van der Waals surface area contributed by atoms with E-state index in [1.54, 1.807) is 0 Å². The van der Waals surface area contributed by atoms with Crippen LogP contribution in [0.5, 0.6) is 0 Å². The minimum Gasteiger partial charge on any atom is -0.312 e. The van der Waals surface area contributed by atoms with Gasteiger partial charge in [0.1, 0.15) is 0 Å². The second-order valence-corrected chi connectivity index (χ2v) is 11.3. The van der Waals surface area contributed by atoms with Crippen molar-refractivity contribution in [3.05, 3.63) is 41.5 Å². The summed E-state index contributed by atoms with van der Waals surface area (Å²) < 4.78 is 0. The molecule has 0 amide bonds. The molecule has 170 valence electrons. The predicted octanol–water partition coefficient (Wildman–Crippen LogP) is 5.46. The Hall–Kier alpha value is -1.16. The molecule has 0 bridgehead atoms. The van der Waals surface area contributed by atoms with Gasteiger partial charge < -0.3 is 15.1 Å². The minimum atomic E-state index is 0.221. The van der Waals surface area contributed by atoms with E-state index >= 15 is 0 Å². The van der Waals surface area contributed by atoms with Gasteiger partial charge in [-0.3, -0.25) is 0 Å². The smallest absolute Gasteiger partial charge is 0.0110 e. The van der Waals surface area contributed by atoms with Gasteiger partial charge >= 0.3 is 0 Å². The molecule has 0 atom stereocenters. The largest absolute Gasteiger partial charge is 0.312 e. The molecule has 0 unspecified atom stereocenters. The van der Waals surface area contributed by atoms with Crippen molar-refractivity contribution in [2.24, 2.45) is 5.41 Å². The van der Waals surface area contributed by atoms with Gasteiger partial charge in [-0.15, -0.1) is 0 Å². The molecular formula is C27H47N3. The van der Waals surface area contributed by atoms with Gasteiger partial charge in [0, 0.05) is 31.7 Å². The molecule has 0 saturated carbocycles. The van der Waals surface area contributed by atoms with Crippen LogP contribution in [0.25, 0.3) is 5.57 Å². The summed E-state index contributed by atoms with van der Waals surface area (Å²) in [6.45, 7) is 21.0. The number of hydrogen-bond acceptors (Lipinski definition) is 3. The van der Waals surface area contributed by atoms with Crippen LogP contribution in [0.3, 0.4) is 0 Å². The molecule has 0 spiro atoms. The summed E-state index contributed by atoms with van der Waals surface area (Å²) in [5, 5.41) is 3.54. The molecule has 1 fully saturated rings. The van der Waals surface area contributed by atoms with Gasteiger partial charge in [0.2, 0.25) is 0 Å². The topological polar surface area (TPSA) is 18.5 Å². The molecule has 3 rings (SSSR count). The Balaban J connectivity index is 0.000000216. The van der Waals surface area contributed by atoms with Gasteiger partial charge in [0.25, 0.3) is 0 Å². The van der Waals surface area contributed by atoms with Crippen molar-refractivity contribution < 1.29 is 0 Å². The number of piperazine rings is 1. The van der Waals surface area contributed by atoms with Crippen LogP contribution in [0, 0.1) is 5.41 Å². The van der Waals surface area contributed by atoms with Crippen molar-refractivity contribution in [3.8, 4) is 0 Å². The van der Waals surface area contributed by atoms with E-state index in [2.05, 4.69) is 94.0 Å². The first-order chi connectivity index (χ1) is 14.0. The average Bonchev–Trinajstić information content (AvgIpc) is 3.05. The summed E-state index contributed by atoms with van der Waals surface area (Å²) in [5.41, 5.74) is 5.17. The molecule has 1 aromatic rings. The quantitative estimate of drug-likeness (QED) is 0.667. The number of likely N-dealkylation sites (N-methyl/N-ethyl adjacent to an activating group) is 1. The highest BCUT2D eigenvalue weighted by Crippen LogP contribution is 2.29. The first-order valence-electron chi connectivity index (χ1n) is 12.0. The van der Waals surface area contributed by atoms with Crippen LogP contribution >= 0.6 is 0 Å². The van der Waals surface area contributed by atoms with Gasteiger partial charge in [0.15, 0.2) is 0 Å². The Morgan fingerprint density at radius 3 is 2.23 bits per heavy atom. The van der Waals surface area contributed by atoms with Crippen LogP contribution in [-0.2, 0) is 6.42 Å². The van der Waals surface area contributed by atoms with Gasteiger partial charge in [-0.25, -0.2) is 0 Å². The number of nitrogens with one attached hydrogen (secondary N) is 1. The first kappa shape index (κ1) is 25.1. The Morgan fingerprint density at radius 1 is 0.933 bits per heavy atom. The molecule has 3 nitrogen and oxygen atoms in total. The normalized spacial score (nSPS) is 17.9. The third kappa shape index (κ3) is 9.76. The summed E-state index contributed by atoms with van der Waals surface area (Å²) >= 11 is 0. The molecule has 1 heterocycles. The predicted molar refractivity (Wildman–Crippen MR) is 133 cm³/mol. The standard InChI is InChI=1S/C15H21N.C12H26N2/c1-15(2,3)16-11-10-13-9-8-12-6-4-5-7-14(12)13;1-12(2,3)6-5-7-14-10-8-13(4)9-11-14/h4-7,9,16H,8,10-11H2,1-3H3;5-11H2,1-4H3. The molecule has 1 saturated heterocycles. The second-order valence-electron chi connectivity index (χ2n) is 11.3. The summed E-state index contributed by atoms with van der Waals surface area (Å²) in [6, 6.07) is 8.74. The summed E-state index contributed by atoms with van der Waals surface area (Å²) in [6.07, 6.45) is 7.32. The highest BCUT2D eigenvalue weighted by atomic mass is 15.2. The van der Waals surface area contributed by atoms with E-state index in [9.17, 15) is 0 Å². The van der Waals surface area contributed by atoms with E-state index in [-0.39, 0.29) is 5.54 Å². The van der Waals surface area contributed by atoms with Crippen molar-refractivity contribution in [1.29, 1.82) is 0 Å². The Kier molecular flexibility index (Phi) is 9.59. The highest BCUT2D eigenvalue weighted by Gasteiger charge is 2.16. The van der Waals surface area contributed by atoms with Crippen molar-refractivity contribution in [2.75, 3.05) is 46.3 Å². The second kappa shape index (κ2) is 11.5. The van der Waals surface area contributed by atoms with Gasteiger partial charge in [0.05, 0.1) is 0 Å². The van der Waals surface area contributed by atoms with E-state index in [0.717, 1.165) is 19.4 Å². The molecule has 2 aliphatic rings. The maximum atomic E-state index is 3.54. The van der Waals surface area contributed by atoms with Crippen LogP contribution < -0.4 is 5.32 Å². The van der Waals surface area contributed by atoms with Gasteiger partial charge in [-0.2, -0.15) is 0 Å². The summed E-state index contributed by atoms with van der Waals surface area (Å²) in [5.74, 6) is 0. The van der Waals surface area contributed by atoms with Crippen LogP contribution in [0.2, 0.25) is 0 Å². The maximum Gasteiger partial charge on any atom is 0.0110 e. The highest BCUT2D eigenvalue weighted by molar-refractivity contribution is 5.72. The number of benzene rings is 1. The fourth-order valence-corrected chi connectivity index (χ4v) is 4.07. The van der Waals surface area contributed by atoms with Crippen LogP contribution in [0.4, 0.5) is 0 Å². The van der Waals surface area contributed by atoms with E-state index in [0.29, 0.717) is 5.41 Å². The molecule has 1 aliphatic heterocycles. The molecule has 1 aromatic carbocycles. The molecule has 30 heavy (non-hydrogen) atoms. The summed E-state index contributed by atoms with van der Waals surface area (Å²) in [4.78, 5) is 5.02. The molecule has 0 radical (unpaired) electrons. The zero-order valence-corrected chi connectivity index (χ0v) is 20.9. The van der Waals surface area contributed by atoms with Crippen LogP contribution in [0.1, 0.15) is 71.9 Å². The van der Waals surface area contributed by atoms with Gasteiger partial charge in [-0.05, 0) is 88.7 Å². The molecule has 1 aliphatic carbocycles. The SMILES string of the molecule is CC(C)(C)NCCC1=CCc2ccccc21.CN1CCN(CCCC(C)(C)C)CC1. The number of allylic oxidation sites excluding steroid dienone is 1. The monoisotopic (exact) mass is 413 g/mol. The lowest BCUT2D eigenvalue weighted by molar-refractivity contribution is 0.147. The van der Waals surface area contributed by atoms with Crippen molar-refractivity contribution in [2.45, 2.75) is 72.8 Å². The van der Waals surface area contributed by atoms with E-state index < -0.39 is 0 Å². The van der Waals surface area contributed by atoms with Crippen molar-refractivity contribution in [3.63, 3.8) is 0 Å². The third-order valence-electron chi connectivity index (χ3n) is 5.98. The van der Waals surface area contributed by atoms with E-state index in [1.165, 1.54) is 62.3 Å². The molecule has 3 heteroatoms. The first-order valence-corrected chi connectivity index (χ1v) is 12.0. The lowest BCUT2D eigenvalue weighted by Crippen LogP contribution is -2.44. The van der Waals surface area contributed by atoms with Crippen LogP contribution in [-0.4, -0.2) is 61.7 Å². The fourth-order valence-electron chi connectivity index (χ4n) is 4.07. The maximum absolute atomic E-state index is 3.54. The average molecular weight is 414 g/mol. The number of rotatable bonds is 6. The zero-order chi connectivity index (χ0) is 22.2. The molecular weight excluding hydrogens is 366 g/mol. The zero-order valence-electron chi connectivity index (χ0n) is 20.9. The summed E-state index contributed by atoms with van der Waals surface area (Å²) in [7, 11) is 2.21. The molecule has 0 aromatic heterocycles. The lowest BCUT2D eigenvalue weighted by Gasteiger charge is -2.32. The van der Waals surface area contributed by atoms with Crippen LogP contribution in [0.15, 0.2) is 30.3 Å². The fraction of sp³-hybridized carbons (Fsp3) is 0.704. The number of fused-ring (bicyclic) bond motifs is 1. The van der Waals surface area contributed by atoms with Crippen molar-refractivity contribution >= 4 is 5.57 Å². The number of hydrogen-bond donors (Lipinski definition) is 1. The van der Waals surface area contributed by atoms with Gasteiger partial charge in [-0.1, -0.05) is 51.1 Å². The molecule has 1 N–H and O–H groups in total. The number of nitrogens with zero attached hydrogens (tertiary/aromatic N) is 2. The Morgan fingerprint density at radius 2 is 1.60 bits per heavy atom.